The number of amides is 1. The van der Waals surface area contributed by atoms with Crippen LogP contribution in [0.2, 0.25) is 0 Å². The largest absolute Gasteiger partial charge is 0.326 e. The minimum Gasteiger partial charge on any atom is -0.326 e. The number of benzene rings is 1. The second kappa shape index (κ2) is 8.13. The van der Waals surface area contributed by atoms with Crippen LogP contribution in [0.25, 0.3) is 0 Å². The SMILES string of the molecule is CS(=O)(=O)c1ccc(NC(=O)CC2CCN(CCCl)CC2)cc1. The first-order valence-electron chi connectivity index (χ1n) is 7.77. The summed E-state index contributed by atoms with van der Waals surface area (Å²) in [6.07, 6.45) is 3.69. The van der Waals surface area contributed by atoms with Crippen molar-refractivity contribution in [3.8, 4) is 0 Å². The summed E-state index contributed by atoms with van der Waals surface area (Å²) in [5.74, 6) is 1.03. The number of halogens is 1. The van der Waals surface area contributed by atoms with Gasteiger partial charge in [-0.2, -0.15) is 0 Å². The van der Waals surface area contributed by atoms with Crippen LogP contribution in [0, 0.1) is 5.92 Å². The summed E-state index contributed by atoms with van der Waals surface area (Å²) in [5.41, 5.74) is 0.627. The highest BCUT2D eigenvalue weighted by Gasteiger charge is 2.21. The molecule has 0 aromatic heterocycles. The van der Waals surface area contributed by atoms with E-state index in [-0.39, 0.29) is 10.8 Å². The monoisotopic (exact) mass is 358 g/mol. The van der Waals surface area contributed by atoms with Gasteiger partial charge < -0.3 is 10.2 Å². The van der Waals surface area contributed by atoms with E-state index in [0.29, 0.717) is 23.9 Å². The predicted molar refractivity (Wildman–Crippen MR) is 92.7 cm³/mol. The molecule has 1 aliphatic rings. The van der Waals surface area contributed by atoms with E-state index in [1.54, 1.807) is 12.1 Å². The summed E-state index contributed by atoms with van der Waals surface area (Å²) >= 11 is 5.74. The normalized spacial score (nSPS) is 17.1. The Morgan fingerprint density at radius 3 is 2.39 bits per heavy atom. The molecule has 1 amide bonds. The molecule has 0 spiro atoms. The van der Waals surface area contributed by atoms with E-state index in [9.17, 15) is 13.2 Å². The van der Waals surface area contributed by atoms with Crippen LogP contribution >= 0.6 is 11.6 Å². The lowest BCUT2D eigenvalue weighted by atomic mass is 9.93. The third-order valence-electron chi connectivity index (χ3n) is 4.15. The quantitative estimate of drug-likeness (QED) is 0.793. The molecule has 23 heavy (non-hydrogen) atoms. The number of nitrogens with one attached hydrogen (secondary N) is 1. The highest BCUT2D eigenvalue weighted by molar-refractivity contribution is 7.90. The summed E-state index contributed by atoms with van der Waals surface area (Å²) in [4.78, 5) is 14.7. The number of nitrogens with zero attached hydrogens (tertiary/aromatic N) is 1. The summed E-state index contributed by atoms with van der Waals surface area (Å²) in [5, 5.41) is 2.84. The molecule has 1 aromatic carbocycles. The lowest BCUT2D eigenvalue weighted by molar-refractivity contribution is -0.117. The number of rotatable bonds is 6. The highest BCUT2D eigenvalue weighted by atomic mass is 35.5. The van der Waals surface area contributed by atoms with Gasteiger partial charge in [0.05, 0.1) is 4.90 Å². The van der Waals surface area contributed by atoms with Crippen LogP contribution in [0.4, 0.5) is 5.69 Å². The van der Waals surface area contributed by atoms with Gasteiger partial charge in [-0.1, -0.05) is 0 Å². The van der Waals surface area contributed by atoms with Crippen LogP contribution in [-0.4, -0.2) is 51.0 Å². The molecule has 128 valence electrons. The Balaban J connectivity index is 1.81. The van der Waals surface area contributed by atoms with Crippen LogP contribution in [-0.2, 0) is 14.6 Å². The summed E-state index contributed by atoms with van der Waals surface area (Å²) < 4.78 is 22.8. The van der Waals surface area contributed by atoms with Gasteiger partial charge in [0.15, 0.2) is 9.84 Å². The van der Waals surface area contributed by atoms with Gasteiger partial charge in [0, 0.05) is 30.8 Å². The maximum absolute atomic E-state index is 12.1. The van der Waals surface area contributed by atoms with E-state index in [1.165, 1.54) is 12.1 Å². The maximum Gasteiger partial charge on any atom is 0.224 e. The molecule has 1 fully saturated rings. The van der Waals surface area contributed by atoms with Crippen molar-refractivity contribution in [2.24, 2.45) is 5.92 Å². The van der Waals surface area contributed by atoms with E-state index in [2.05, 4.69) is 10.2 Å². The number of likely N-dealkylation sites (tertiary alicyclic amines) is 1. The van der Waals surface area contributed by atoms with Crippen molar-refractivity contribution in [2.45, 2.75) is 24.2 Å². The van der Waals surface area contributed by atoms with Gasteiger partial charge in [-0.25, -0.2) is 8.42 Å². The van der Waals surface area contributed by atoms with E-state index < -0.39 is 9.84 Å². The topological polar surface area (TPSA) is 66.5 Å². The van der Waals surface area contributed by atoms with Crippen molar-refractivity contribution in [3.05, 3.63) is 24.3 Å². The smallest absolute Gasteiger partial charge is 0.224 e. The molecule has 0 bridgehead atoms. The number of hydrogen-bond acceptors (Lipinski definition) is 4. The molecule has 2 rings (SSSR count). The number of anilines is 1. The number of sulfone groups is 1. The number of hydrogen-bond donors (Lipinski definition) is 1. The first-order chi connectivity index (χ1) is 10.9. The first kappa shape index (κ1) is 18.2. The van der Waals surface area contributed by atoms with Gasteiger partial charge in [-0.3, -0.25) is 4.79 Å². The molecule has 7 heteroatoms. The lowest BCUT2D eigenvalue weighted by Gasteiger charge is -2.31. The average Bonchev–Trinajstić information content (AvgIpc) is 2.49. The van der Waals surface area contributed by atoms with E-state index >= 15 is 0 Å². The van der Waals surface area contributed by atoms with Crippen LogP contribution in [0.1, 0.15) is 19.3 Å². The summed E-state index contributed by atoms with van der Waals surface area (Å²) in [6.45, 7) is 2.90. The number of piperidine rings is 1. The molecule has 0 unspecified atom stereocenters. The number of carbonyl (C=O) groups is 1. The Labute approximate surface area is 142 Å². The van der Waals surface area contributed by atoms with Crippen LogP contribution in [0.5, 0.6) is 0 Å². The van der Waals surface area contributed by atoms with Crippen LogP contribution in [0.15, 0.2) is 29.2 Å². The van der Waals surface area contributed by atoms with Crippen LogP contribution in [0.3, 0.4) is 0 Å². The van der Waals surface area contributed by atoms with Crippen molar-refractivity contribution in [2.75, 3.05) is 37.1 Å². The third kappa shape index (κ3) is 5.79. The molecular formula is C16H23ClN2O3S. The molecule has 1 N–H and O–H groups in total. The average molecular weight is 359 g/mol. The minimum absolute atomic E-state index is 0.0205. The molecular weight excluding hydrogens is 336 g/mol. The van der Waals surface area contributed by atoms with Gasteiger partial charge >= 0.3 is 0 Å². The molecule has 1 aliphatic heterocycles. The molecule has 1 aromatic rings. The zero-order valence-corrected chi connectivity index (χ0v) is 14.9. The van der Waals surface area contributed by atoms with Crippen molar-refractivity contribution < 1.29 is 13.2 Å². The second-order valence-electron chi connectivity index (χ2n) is 6.02. The minimum atomic E-state index is -3.21. The summed E-state index contributed by atoms with van der Waals surface area (Å²) in [6, 6.07) is 6.26. The Bertz CT molecular complexity index is 623. The van der Waals surface area contributed by atoms with Gasteiger partial charge in [0.2, 0.25) is 5.91 Å². The highest BCUT2D eigenvalue weighted by Crippen LogP contribution is 2.21. The Kier molecular flexibility index (Phi) is 6.44. The van der Waals surface area contributed by atoms with Gasteiger partial charge in [-0.05, 0) is 56.1 Å². The molecule has 1 saturated heterocycles. The molecule has 5 nitrogen and oxygen atoms in total. The Morgan fingerprint density at radius 1 is 1.26 bits per heavy atom. The standard InChI is InChI=1S/C16H23ClN2O3S/c1-23(21,22)15-4-2-14(3-5-15)18-16(20)12-13-6-9-19(10-7-13)11-8-17/h2-5,13H,6-12H2,1H3,(H,18,20). The number of carbonyl (C=O) groups excluding carboxylic acids is 1. The second-order valence-corrected chi connectivity index (χ2v) is 8.42. The van der Waals surface area contributed by atoms with E-state index in [1.807, 2.05) is 0 Å². The Morgan fingerprint density at radius 2 is 1.87 bits per heavy atom. The fraction of sp³-hybridized carbons (Fsp3) is 0.562. The molecule has 1 heterocycles. The van der Waals surface area contributed by atoms with E-state index in [4.69, 9.17) is 11.6 Å². The maximum atomic E-state index is 12.1. The third-order valence-corrected chi connectivity index (χ3v) is 5.45. The lowest BCUT2D eigenvalue weighted by Crippen LogP contribution is -2.36. The fourth-order valence-corrected chi connectivity index (χ4v) is 3.66. The van der Waals surface area contributed by atoms with Crippen molar-refractivity contribution in [1.29, 1.82) is 0 Å². The van der Waals surface area contributed by atoms with Gasteiger partial charge in [0.1, 0.15) is 0 Å². The first-order valence-corrected chi connectivity index (χ1v) is 10.2. The van der Waals surface area contributed by atoms with Crippen molar-refractivity contribution >= 4 is 33.0 Å². The van der Waals surface area contributed by atoms with Crippen molar-refractivity contribution in [1.82, 2.24) is 4.90 Å². The van der Waals surface area contributed by atoms with Gasteiger partial charge in [-0.15, -0.1) is 11.6 Å². The number of alkyl halides is 1. The molecule has 0 atom stereocenters. The molecule has 0 radical (unpaired) electrons. The zero-order valence-electron chi connectivity index (χ0n) is 13.3. The zero-order chi connectivity index (χ0) is 16.9. The summed E-state index contributed by atoms with van der Waals surface area (Å²) in [7, 11) is -3.21. The van der Waals surface area contributed by atoms with Crippen molar-refractivity contribution in [3.63, 3.8) is 0 Å². The molecule has 0 aliphatic carbocycles. The molecule has 0 saturated carbocycles. The predicted octanol–water partition coefficient (Wildman–Crippen LogP) is 2.37. The fourth-order valence-electron chi connectivity index (χ4n) is 2.79. The Hall–Kier alpha value is -1.11. The van der Waals surface area contributed by atoms with Crippen LogP contribution < -0.4 is 5.32 Å². The van der Waals surface area contributed by atoms with Gasteiger partial charge in [0.25, 0.3) is 0 Å². The van der Waals surface area contributed by atoms with E-state index in [0.717, 1.165) is 38.7 Å².